The maximum atomic E-state index is 9.19. The van der Waals surface area contributed by atoms with Crippen LogP contribution in [-0.4, -0.2) is 20.8 Å². The van der Waals surface area contributed by atoms with Gasteiger partial charge in [0.2, 0.25) is 0 Å². The Morgan fingerprint density at radius 1 is 1.50 bits per heavy atom. The lowest BCUT2D eigenvalue weighted by atomic mass is 10.3. The van der Waals surface area contributed by atoms with E-state index >= 15 is 0 Å². The van der Waals surface area contributed by atoms with Gasteiger partial charge in [-0.25, -0.2) is 0 Å². The van der Waals surface area contributed by atoms with Crippen molar-refractivity contribution in [2.45, 2.75) is 15.7 Å². The second-order valence-corrected chi connectivity index (χ2v) is 4.45. The van der Waals surface area contributed by atoms with E-state index in [-0.39, 0.29) is 0 Å². The van der Waals surface area contributed by atoms with Gasteiger partial charge in [-0.15, -0.1) is 25.3 Å². The average Bonchev–Trinajstić information content (AvgIpc) is 1.83. The third-order valence-electron chi connectivity index (χ3n) is 0.867. The molecule has 0 bridgehead atoms. The van der Waals surface area contributed by atoms with Crippen molar-refractivity contribution >= 4 is 50.7 Å². The normalized spacial score (nSPS) is 18.6. The molecule has 3 nitrogen and oxygen atoms in total. The van der Waals surface area contributed by atoms with Crippen LogP contribution in [0.15, 0.2) is 0 Å². The molecule has 0 heterocycles. The lowest BCUT2D eigenvalue weighted by Crippen LogP contribution is -2.48. The van der Waals surface area contributed by atoms with Gasteiger partial charge >= 0.3 is 0 Å². The highest BCUT2D eigenvalue weighted by molar-refractivity contribution is 8.00. The quantitative estimate of drug-likeness (QED) is 0.258. The number of hydrogen-bond donors (Lipinski definition) is 7. The van der Waals surface area contributed by atoms with Crippen LogP contribution in [0.1, 0.15) is 0 Å². The molecule has 0 radical (unpaired) electrons. The zero-order valence-corrected chi connectivity index (χ0v) is 8.55. The summed E-state index contributed by atoms with van der Waals surface area (Å²) >= 11 is 15.2. The van der Waals surface area contributed by atoms with Gasteiger partial charge in [-0.05, 0) is 0 Å². The summed E-state index contributed by atoms with van der Waals surface area (Å²) in [5.41, 5.74) is 5.31. The molecule has 0 amide bonds. The Labute approximate surface area is 81.9 Å². The highest BCUT2D eigenvalue weighted by Gasteiger charge is 2.30. The van der Waals surface area contributed by atoms with E-state index < -0.39 is 15.7 Å². The van der Waals surface area contributed by atoms with E-state index in [0.717, 1.165) is 0 Å². The topological polar surface area (TPSA) is 58.3 Å². The van der Waals surface area contributed by atoms with Gasteiger partial charge in [0.1, 0.15) is 10.3 Å². The first kappa shape index (κ1) is 11.3. The summed E-state index contributed by atoms with van der Waals surface area (Å²) in [7, 11) is 0. The first-order valence-corrected chi connectivity index (χ1v) is 4.24. The van der Waals surface area contributed by atoms with Gasteiger partial charge < -0.3 is 10.8 Å². The van der Waals surface area contributed by atoms with Crippen molar-refractivity contribution in [1.29, 1.82) is 0 Å². The summed E-state index contributed by atoms with van der Waals surface area (Å²) < 4.78 is 1.14. The highest BCUT2D eigenvalue weighted by Crippen LogP contribution is 2.20. The minimum Gasteiger partial charge on any atom is -0.387 e. The smallest absolute Gasteiger partial charge is 0.132 e. The maximum absolute atomic E-state index is 9.19. The molecule has 0 spiro atoms. The number of aliphatic hydroxyl groups is 1. The van der Waals surface area contributed by atoms with Crippen molar-refractivity contribution in [3.8, 4) is 0 Å². The van der Waals surface area contributed by atoms with Crippen molar-refractivity contribution in [3.63, 3.8) is 0 Å². The summed E-state index contributed by atoms with van der Waals surface area (Å²) in [4.78, 5) is 0. The lowest BCUT2D eigenvalue weighted by molar-refractivity contribution is 0.159. The second kappa shape index (κ2) is 4.34. The molecular weight excluding hydrogens is 208 g/mol. The zero-order valence-electron chi connectivity index (χ0n) is 4.97. The molecule has 0 aliphatic carbocycles. The SMILES string of the molecule is NC(S)(S)C(O)C(S)NS. The summed E-state index contributed by atoms with van der Waals surface area (Å²) in [6.07, 6.45) is -0.986. The van der Waals surface area contributed by atoms with Gasteiger partial charge in [0.25, 0.3) is 0 Å². The molecule has 0 aliphatic heterocycles. The largest absolute Gasteiger partial charge is 0.387 e. The van der Waals surface area contributed by atoms with E-state index in [0.29, 0.717) is 0 Å². The van der Waals surface area contributed by atoms with Crippen LogP contribution in [0.3, 0.4) is 0 Å². The van der Waals surface area contributed by atoms with E-state index in [9.17, 15) is 5.11 Å². The van der Waals surface area contributed by atoms with Gasteiger partial charge in [0.15, 0.2) is 0 Å². The number of nitrogens with one attached hydrogen (secondary N) is 1. The van der Waals surface area contributed by atoms with Crippen LogP contribution in [-0.2, 0) is 0 Å². The number of nitrogens with two attached hydrogens (primary N) is 1. The van der Waals surface area contributed by atoms with Crippen LogP contribution < -0.4 is 10.5 Å². The van der Waals surface area contributed by atoms with Crippen LogP contribution in [0.5, 0.6) is 0 Å². The van der Waals surface area contributed by atoms with Gasteiger partial charge in [-0.3, -0.25) is 4.72 Å². The first-order chi connectivity index (χ1) is 4.39. The van der Waals surface area contributed by atoms with E-state index in [4.69, 9.17) is 5.73 Å². The molecule has 0 aromatic rings. The number of rotatable bonds is 3. The fourth-order valence-corrected chi connectivity index (χ4v) is 1.21. The number of aliphatic hydroxyl groups excluding tert-OH is 1. The van der Waals surface area contributed by atoms with Crippen LogP contribution in [0.2, 0.25) is 0 Å². The molecule has 0 saturated heterocycles. The Morgan fingerprint density at radius 2 is 1.90 bits per heavy atom. The molecule has 2 unspecified atom stereocenters. The Morgan fingerprint density at radius 3 is 2.00 bits per heavy atom. The Bertz CT molecular complexity index is 105. The van der Waals surface area contributed by atoms with E-state index in [1.54, 1.807) is 0 Å². The highest BCUT2D eigenvalue weighted by atomic mass is 32.2. The Hall–Kier alpha value is 1.28. The third kappa shape index (κ3) is 3.61. The Balaban J connectivity index is 3.94. The van der Waals surface area contributed by atoms with E-state index in [1.807, 2.05) is 0 Å². The predicted octanol–water partition coefficient (Wildman–Crippen LogP) is -0.490. The minimum atomic E-state index is -1.26. The lowest BCUT2D eigenvalue weighted by Gasteiger charge is -2.27. The molecule has 7 heteroatoms. The second-order valence-electron chi connectivity index (χ2n) is 1.80. The molecule has 0 fully saturated rings. The first-order valence-electron chi connectivity index (χ1n) is 2.39. The molecule has 2 atom stereocenters. The van der Waals surface area contributed by atoms with Crippen LogP contribution in [0, 0.1) is 0 Å². The van der Waals surface area contributed by atoms with Crippen LogP contribution in [0.25, 0.3) is 0 Å². The monoisotopic (exact) mass is 218 g/mol. The molecule has 0 aromatic carbocycles. The summed E-state index contributed by atoms with van der Waals surface area (Å²) in [6, 6.07) is 0. The van der Waals surface area contributed by atoms with Gasteiger partial charge in [0, 0.05) is 0 Å². The summed E-state index contributed by atoms with van der Waals surface area (Å²) in [5.74, 6) is 0. The molecule has 0 saturated carbocycles. The van der Waals surface area contributed by atoms with Gasteiger partial charge in [-0.2, -0.15) is 12.6 Å². The maximum Gasteiger partial charge on any atom is 0.132 e. The van der Waals surface area contributed by atoms with Crippen molar-refractivity contribution < 1.29 is 5.11 Å². The van der Waals surface area contributed by atoms with E-state index in [2.05, 4.69) is 55.4 Å². The van der Waals surface area contributed by atoms with Crippen molar-refractivity contribution in [2.24, 2.45) is 5.73 Å². The molecule has 10 heavy (non-hydrogen) atoms. The van der Waals surface area contributed by atoms with Gasteiger partial charge in [0.05, 0.1) is 5.37 Å². The van der Waals surface area contributed by atoms with Crippen molar-refractivity contribution in [1.82, 2.24) is 4.72 Å². The van der Waals surface area contributed by atoms with Gasteiger partial charge in [-0.1, -0.05) is 12.8 Å². The zero-order chi connectivity index (χ0) is 8.36. The molecular formula is C3H10N2OS4. The van der Waals surface area contributed by atoms with Crippen molar-refractivity contribution in [2.75, 3.05) is 0 Å². The molecule has 62 valence electrons. The van der Waals surface area contributed by atoms with Crippen LogP contribution in [0.4, 0.5) is 0 Å². The predicted molar refractivity (Wildman–Crippen MR) is 55.8 cm³/mol. The summed E-state index contributed by atoms with van der Waals surface area (Å²) in [6.45, 7) is 0. The third-order valence-corrected chi connectivity index (χ3v) is 2.29. The molecule has 0 aromatic heterocycles. The van der Waals surface area contributed by atoms with Crippen molar-refractivity contribution in [3.05, 3.63) is 0 Å². The Kier molecular flexibility index (Phi) is 4.90. The number of hydrogen-bond acceptors (Lipinski definition) is 7. The molecule has 0 rings (SSSR count). The average molecular weight is 218 g/mol. The molecule has 4 N–H and O–H groups in total. The van der Waals surface area contributed by atoms with E-state index in [1.165, 1.54) is 0 Å². The number of thiol groups is 4. The minimum absolute atomic E-state index is 0.552. The fourth-order valence-electron chi connectivity index (χ4n) is 0.303. The summed E-state index contributed by atoms with van der Waals surface area (Å²) in [5, 5.41) is 8.64. The molecule has 0 aliphatic rings. The van der Waals surface area contributed by atoms with Crippen LogP contribution >= 0.6 is 50.7 Å². The fraction of sp³-hybridized carbons (Fsp3) is 1.00. The standard InChI is InChI=1S/C3H10N2OS4/c4-3(8,9)1(6)2(7)5-10/h1-2,5-10H,4H2.